The number of fused-ring (bicyclic) bond motifs is 1. The standard InChI is InChI=1S/C18H23F3O6.C15H24.C14H28O2/c1-5-16(3,4)13(22)26-11-9-6-10-12(11)27-15(24)17(10,7-9)14(23)25-8(2)18(19,20)21;1-7-15(5,6)13-10-8-12(9-11-13)14(2,3)4;1-6-9-10-12(7-2)11-16-13(15)14(4,5)8-3/h8-12H,5-7H2,1-4H3;8-11H,7H2,1-6H3;12H,6-11H2,1-5H3. The van der Waals surface area contributed by atoms with Crippen molar-refractivity contribution < 1.29 is 51.3 Å². The van der Waals surface area contributed by atoms with Gasteiger partial charge in [0.25, 0.3) is 0 Å². The van der Waals surface area contributed by atoms with Crippen molar-refractivity contribution >= 4 is 23.9 Å². The Balaban J connectivity index is 0.000000323. The molecule has 11 heteroatoms. The minimum atomic E-state index is -4.71. The maximum atomic E-state index is 12.7. The van der Waals surface area contributed by atoms with Crippen molar-refractivity contribution in [2.45, 2.75) is 197 Å². The molecule has 7 unspecified atom stereocenters. The van der Waals surface area contributed by atoms with E-state index in [4.69, 9.17) is 14.2 Å². The Morgan fingerprint density at radius 1 is 0.828 bits per heavy atom. The van der Waals surface area contributed by atoms with Gasteiger partial charge in [0.2, 0.25) is 0 Å². The number of hydrogen-bond acceptors (Lipinski definition) is 8. The van der Waals surface area contributed by atoms with Crippen molar-refractivity contribution in [3.05, 3.63) is 35.4 Å². The summed E-state index contributed by atoms with van der Waals surface area (Å²) < 4.78 is 59.0. The average molecular weight is 825 g/mol. The number of ether oxygens (including phenoxy) is 4. The summed E-state index contributed by atoms with van der Waals surface area (Å²) in [4.78, 5) is 49.1. The van der Waals surface area contributed by atoms with E-state index in [-0.39, 0.29) is 29.1 Å². The molecule has 3 fully saturated rings. The van der Waals surface area contributed by atoms with E-state index in [1.807, 2.05) is 27.7 Å². The van der Waals surface area contributed by atoms with Crippen molar-refractivity contribution in [1.82, 2.24) is 0 Å². The van der Waals surface area contributed by atoms with E-state index < -0.39 is 59.1 Å². The molecule has 7 atom stereocenters. The molecule has 1 aromatic rings. The summed E-state index contributed by atoms with van der Waals surface area (Å²) in [6.07, 6.45) is -0.897. The van der Waals surface area contributed by atoms with Crippen LogP contribution in [0.5, 0.6) is 0 Å². The molecule has 2 saturated carbocycles. The van der Waals surface area contributed by atoms with Gasteiger partial charge in [-0.2, -0.15) is 13.2 Å². The monoisotopic (exact) mass is 825 g/mol. The van der Waals surface area contributed by atoms with Crippen LogP contribution >= 0.6 is 0 Å². The maximum absolute atomic E-state index is 12.7. The second kappa shape index (κ2) is 20.0. The Kier molecular flexibility index (Phi) is 17.6. The smallest absolute Gasteiger partial charge is 0.425 e. The first kappa shape index (κ1) is 51.0. The fourth-order valence-electron chi connectivity index (χ4n) is 7.25. The second-order valence-corrected chi connectivity index (χ2v) is 19.7. The molecule has 1 heterocycles. The van der Waals surface area contributed by atoms with Gasteiger partial charge >= 0.3 is 30.1 Å². The number of alkyl halides is 3. The third kappa shape index (κ3) is 12.2. The molecule has 3 aliphatic rings. The SMILES string of the molecule is CCC(C)(C)C(=O)OC1C2CC3C1OC(=O)C3(C(=O)OC(C)C(F)(F)F)C2.CCC(C)(C)c1ccc(C(C)(C)C)cc1.CCCCC(CC)COC(=O)C(C)(C)CC. The van der Waals surface area contributed by atoms with E-state index >= 15 is 0 Å². The Morgan fingerprint density at radius 2 is 1.36 bits per heavy atom. The van der Waals surface area contributed by atoms with Crippen LogP contribution in [0.15, 0.2) is 24.3 Å². The lowest BCUT2D eigenvalue weighted by atomic mass is 9.73. The number of rotatable bonds is 15. The zero-order valence-electron chi connectivity index (χ0n) is 38.2. The van der Waals surface area contributed by atoms with Crippen molar-refractivity contribution in [3.63, 3.8) is 0 Å². The van der Waals surface area contributed by atoms with Crippen LogP contribution in [0.4, 0.5) is 13.2 Å². The molecule has 0 amide bonds. The summed E-state index contributed by atoms with van der Waals surface area (Å²) in [7, 11) is 0. The van der Waals surface area contributed by atoms with Gasteiger partial charge in [-0.15, -0.1) is 0 Å². The maximum Gasteiger partial charge on any atom is 0.425 e. The predicted octanol–water partition coefficient (Wildman–Crippen LogP) is 11.6. The van der Waals surface area contributed by atoms with Gasteiger partial charge in [-0.25, -0.2) is 0 Å². The quantitative estimate of drug-likeness (QED) is 0.0978. The van der Waals surface area contributed by atoms with Crippen LogP contribution in [0.2, 0.25) is 0 Å². The van der Waals surface area contributed by atoms with Gasteiger partial charge < -0.3 is 18.9 Å². The summed E-state index contributed by atoms with van der Waals surface area (Å²) >= 11 is 0. The highest BCUT2D eigenvalue weighted by Crippen LogP contribution is 2.63. The van der Waals surface area contributed by atoms with Crippen LogP contribution in [-0.2, 0) is 49.0 Å². The van der Waals surface area contributed by atoms with Crippen molar-refractivity contribution in [2.24, 2.45) is 34.0 Å². The van der Waals surface area contributed by atoms with Gasteiger partial charge in [-0.1, -0.05) is 113 Å². The number of hydrogen-bond donors (Lipinski definition) is 0. The first-order valence-corrected chi connectivity index (χ1v) is 21.6. The molecule has 332 valence electrons. The minimum absolute atomic E-state index is 0.0269. The molecule has 2 bridgehead atoms. The van der Waals surface area contributed by atoms with Crippen LogP contribution in [-0.4, -0.2) is 55.0 Å². The van der Waals surface area contributed by atoms with Crippen molar-refractivity contribution in [3.8, 4) is 0 Å². The van der Waals surface area contributed by atoms with Gasteiger partial charge in [-0.3, -0.25) is 19.2 Å². The molecule has 0 spiro atoms. The van der Waals surface area contributed by atoms with Crippen molar-refractivity contribution in [2.75, 3.05) is 6.61 Å². The minimum Gasteiger partial charge on any atom is -0.465 e. The highest BCUT2D eigenvalue weighted by atomic mass is 19.4. The fraction of sp³-hybridized carbons (Fsp3) is 0.787. The Morgan fingerprint density at radius 3 is 1.83 bits per heavy atom. The lowest BCUT2D eigenvalue weighted by Gasteiger charge is -2.33. The summed E-state index contributed by atoms with van der Waals surface area (Å²) in [6.45, 7) is 30.5. The fourth-order valence-corrected chi connectivity index (χ4v) is 7.25. The molecule has 1 aliphatic heterocycles. The molecular weight excluding hydrogens is 750 g/mol. The predicted molar refractivity (Wildman–Crippen MR) is 221 cm³/mol. The number of unbranched alkanes of at least 4 members (excludes halogenated alkanes) is 1. The number of carbonyl (C=O) groups is 4. The van der Waals surface area contributed by atoms with E-state index in [1.165, 1.54) is 36.8 Å². The lowest BCUT2D eigenvalue weighted by molar-refractivity contribution is -0.222. The third-order valence-corrected chi connectivity index (χ3v) is 13.2. The highest BCUT2D eigenvalue weighted by Gasteiger charge is 2.76. The Hall–Kier alpha value is -3.11. The molecule has 0 radical (unpaired) electrons. The van der Waals surface area contributed by atoms with Gasteiger partial charge in [0, 0.05) is 11.8 Å². The van der Waals surface area contributed by atoms with E-state index in [0.29, 0.717) is 30.8 Å². The van der Waals surface area contributed by atoms with E-state index in [2.05, 4.69) is 84.4 Å². The topological polar surface area (TPSA) is 105 Å². The number of esters is 4. The van der Waals surface area contributed by atoms with Gasteiger partial charge in [-0.05, 0) is 101 Å². The largest absolute Gasteiger partial charge is 0.465 e. The molecule has 0 aromatic heterocycles. The van der Waals surface area contributed by atoms with Crippen molar-refractivity contribution in [1.29, 1.82) is 0 Å². The molecule has 1 aromatic carbocycles. The van der Waals surface area contributed by atoms with Crippen LogP contribution in [0.1, 0.15) is 173 Å². The number of halogens is 3. The van der Waals surface area contributed by atoms with Gasteiger partial charge in [0.15, 0.2) is 11.5 Å². The Labute approximate surface area is 347 Å². The highest BCUT2D eigenvalue weighted by molar-refractivity contribution is 6.03. The van der Waals surface area contributed by atoms with Crippen LogP contribution in [0, 0.1) is 34.0 Å². The lowest BCUT2D eigenvalue weighted by Crippen LogP contribution is -2.48. The molecule has 2 aliphatic carbocycles. The van der Waals surface area contributed by atoms with E-state index in [0.717, 1.165) is 19.8 Å². The Bertz CT molecular complexity index is 1520. The number of carbonyl (C=O) groups excluding carboxylic acids is 4. The normalized spacial score (nSPS) is 23.7. The van der Waals surface area contributed by atoms with Crippen LogP contribution in [0.3, 0.4) is 0 Å². The zero-order valence-corrected chi connectivity index (χ0v) is 38.2. The summed E-state index contributed by atoms with van der Waals surface area (Å²) in [5, 5.41) is 0. The van der Waals surface area contributed by atoms with Gasteiger partial charge in [0.1, 0.15) is 12.2 Å². The van der Waals surface area contributed by atoms with Crippen LogP contribution in [0.25, 0.3) is 0 Å². The first-order valence-electron chi connectivity index (χ1n) is 21.6. The first-order chi connectivity index (χ1) is 26.6. The average Bonchev–Trinajstić information content (AvgIpc) is 3.77. The van der Waals surface area contributed by atoms with E-state index in [9.17, 15) is 32.3 Å². The molecule has 58 heavy (non-hydrogen) atoms. The number of benzene rings is 1. The molecule has 8 nitrogen and oxygen atoms in total. The second-order valence-electron chi connectivity index (χ2n) is 19.7. The van der Waals surface area contributed by atoms with Crippen LogP contribution < -0.4 is 0 Å². The zero-order chi connectivity index (χ0) is 44.7. The molecule has 1 saturated heterocycles. The summed E-state index contributed by atoms with van der Waals surface area (Å²) in [5.41, 5.74) is 0.658. The van der Waals surface area contributed by atoms with E-state index in [1.54, 1.807) is 13.8 Å². The molecule has 0 N–H and O–H groups in total. The summed E-state index contributed by atoms with van der Waals surface area (Å²) in [5.74, 6) is -2.98. The van der Waals surface area contributed by atoms with Gasteiger partial charge in [0.05, 0.1) is 17.4 Å². The summed E-state index contributed by atoms with van der Waals surface area (Å²) in [6, 6.07) is 9.10. The third-order valence-electron chi connectivity index (χ3n) is 13.2. The molecular formula is C47H75F3O8. The molecule has 4 rings (SSSR count).